The lowest BCUT2D eigenvalue weighted by molar-refractivity contribution is -0.396. The first-order valence-electron chi connectivity index (χ1n) is 7.09. The van der Waals surface area contributed by atoms with Gasteiger partial charge in [-0.1, -0.05) is 27.9 Å². The standard InChI is InChI=1S/C14H14ClN5O2S/c15-10-3-4-11-12(9-10)23-13(18-11)16-5-1-2-7-19-8-6-17-14(19)20(21)22/h3-4,6,8-9H,1-2,5,7H2,(H,16,18). The Labute approximate surface area is 141 Å². The fourth-order valence-electron chi connectivity index (χ4n) is 2.22. The van der Waals surface area contributed by atoms with Crippen molar-refractivity contribution in [3.05, 3.63) is 45.7 Å². The lowest BCUT2D eigenvalue weighted by Gasteiger charge is -2.03. The van der Waals surface area contributed by atoms with Crippen molar-refractivity contribution < 1.29 is 4.92 Å². The molecule has 0 aliphatic heterocycles. The summed E-state index contributed by atoms with van der Waals surface area (Å²) in [5, 5.41) is 15.6. The van der Waals surface area contributed by atoms with Gasteiger partial charge in [0, 0.05) is 11.6 Å². The summed E-state index contributed by atoms with van der Waals surface area (Å²) in [7, 11) is 0. The molecule has 1 N–H and O–H groups in total. The second-order valence-corrected chi connectivity index (χ2v) is 6.41. The summed E-state index contributed by atoms with van der Waals surface area (Å²) in [6.45, 7) is 1.34. The average Bonchev–Trinajstić information content (AvgIpc) is 3.12. The van der Waals surface area contributed by atoms with Gasteiger partial charge in [-0.05, 0) is 36.0 Å². The van der Waals surface area contributed by atoms with E-state index in [2.05, 4.69) is 15.3 Å². The second-order valence-electron chi connectivity index (χ2n) is 4.94. The Morgan fingerprint density at radius 3 is 3.09 bits per heavy atom. The van der Waals surface area contributed by atoms with Crippen molar-refractivity contribution >= 4 is 44.2 Å². The third-order valence-electron chi connectivity index (χ3n) is 3.31. The number of benzene rings is 1. The van der Waals surface area contributed by atoms with Crippen LogP contribution in [0.3, 0.4) is 0 Å². The third kappa shape index (κ3) is 3.77. The minimum atomic E-state index is -0.468. The molecule has 0 aliphatic rings. The average molecular weight is 352 g/mol. The highest BCUT2D eigenvalue weighted by Crippen LogP contribution is 2.28. The van der Waals surface area contributed by atoms with Crippen molar-refractivity contribution in [2.45, 2.75) is 19.4 Å². The minimum Gasteiger partial charge on any atom is -0.390 e. The fraction of sp³-hybridized carbons (Fsp3) is 0.286. The van der Waals surface area contributed by atoms with Crippen LogP contribution >= 0.6 is 22.9 Å². The fourth-order valence-corrected chi connectivity index (χ4v) is 3.39. The van der Waals surface area contributed by atoms with E-state index >= 15 is 0 Å². The normalized spacial score (nSPS) is 11.0. The molecule has 0 unspecified atom stereocenters. The Bertz CT molecular complexity index is 832. The van der Waals surface area contributed by atoms with Crippen LogP contribution in [0.2, 0.25) is 5.02 Å². The highest BCUT2D eigenvalue weighted by Gasteiger charge is 2.12. The van der Waals surface area contributed by atoms with Crippen LogP contribution in [-0.2, 0) is 6.54 Å². The van der Waals surface area contributed by atoms with Gasteiger partial charge in [-0.15, -0.1) is 0 Å². The van der Waals surface area contributed by atoms with Crippen molar-refractivity contribution in [1.29, 1.82) is 0 Å². The molecule has 0 spiro atoms. The van der Waals surface area contributed by atoms with E-state index in [1.165, 1.54) is 6.20 Å². The molecule has 23 heavy (non-hydrogen) atoms. The number of imidazole rings is 1. The Hall–Kier alpha value is -2.19. The molecule has 0 aliphatic carbocycles. The van der Waals surface area contributed by atoms with E-state index in [0.29, 0.717) is 11.6 Å². The van der Waals surface area contributed by atoms with Gasteiger partial charge in [-0.2, -0.15) is 0 Å². The Morgan fingerprint density at radius 1 is 1.39 bits per heavy atom. The van der Waals surface area contributed by atoms with Crippen LogP contribution in [0.1, 0.15) is 12.8 Å². The van der Waals surface area contributed by atoms with Crippen molar-refractivity contribution in [2.24, 2.45) is 0 Å². The number of nitro groups is 1. The zero-order valence-electron chi connectivity index (χ0n) is 12.1. The smallest absolute Gasteiger partial charge is 0.390 e. The lowest BCUT2D eigenvalue weighted by Crippen LogP contribution is -2.06. The van der Waals surface area contributed by atoms with Crippen LogP contribution in [0.5, 0.6) is 0 Å². The third-order valence-corrected chi connectivity index (χ3v) is 4.52. The summed E-state index contributed by atoms with van der Waals surface area (Å²) in [5.41, 5.74) is 0.927. The molecule has 1 aromatic carbocycles. The molecule has 7 nitrogen and oxygen atoms in total. The number of unbranched alkanes of at least 4 members (excludes halogenated alkanes) is 1. The molecule has 0 amide bonds. The number of fused-ring (bicyclic) bond motifs is 1. The van der Waals surface area contributed by atoms with Crippen molar-refractivity contribution in [3.63, 3.8) is 0 Å². The molecule has 0 radical (unpaired) electrons. The van der Waals surface area contributed by atoms with Crippen molar-refractivity contribution in [3.8, 4) is 0 Å². The van der Waals surface area contributed by atoms with Gasteiger partial charge in [0.15, 0.2) is 5.13 Å². The van der Waals surface area contributed by atoms with Crippen molar-refractivity contribution in [2.75, 3.05) is 11.9 Å². The summed E-state index contributed by atoms with van der Waals surface area (Å²) in [6, 6.07) is 5.63. The van der Waals surface area contributed by atoms with Crippen molar-refractivity contribution in [1.82, 2.24) is 14.5 Å². The quantitative estimate of drug-likeness (QED) is 0.395. The Morgan fingerprint density at radius 2 is 2.26 bits per heavy atom. The number of thiazole rings is 1. The number of aromatic nitrogens is 3. The number of nitrogens with one attached hydrogen (secondary N) is 1. The van der Waals surface area contributed by atoms with Crippen LogP contribution in [-0.4, -0.2) is 26.0 Å². The number of aryl methyl sites for hydroxylation is 1. The van der Waals surface area contributed by atoms with E-state index in [1.807, 2.05) is 18.2 Å². The van der Waals surface area contributed by atoms with E-state index in [4.69, 9.17) is 11.6 Å². The van der Waals surface area contributed by atoms with E-state index in [0.717, 1.165) is 34.7 Å². The molecule has 0 saturated carbocycles. The molecule has 0 bridgehead atoms. The highest BCUT2D eigenvalue weighted by molar-refractivity contribution is 7.22. The summed E-state index contributed by atoms with van der Waals surface area (Å²) in [5.74, 6) is -0.110. The van der Waals surface area contributed by atoms with Gasteiger partial charge in [-0.3, -0.25) is 0 Å². The van der Waals surface area contributed by atoms with Gasteiger partial charge in [-0.25, -0.2) is 9.55 Å². The van der Waals surface area contributed by atoms with E-state index < -0.39 is 4.92 Å². The van der Waals surface area contributed by atoms with Gasteiger partial charge < -0.3 is 15.4 Å². The topological polar surface area (TPSA) is 85.9 Å². The molecule has 3 rings (SSSR count). The molecular formula is C14H14ClN5O2S. The van der Waals surface area contributed by atoms with Gasteiger partial charge in [0.05, 0.1) is 16.8 Å². The molecule has 2 aromatic heterocycles. The molecule has 9 heteroatoms. The van der Waals surface area contributed by atoms with E-state index in [-0.39, 0.29) is 5.95 Å². The van der Waals surface area contributed by atoms with E-state index in [1.54, 1.807) is 22.1 Å². The van der Waals surface area contributed by atoms with Gasteiger partial charge in [0.1, 0.15) is 12.4 Å². The number of hydrogen-bond donors (Lipinski definition) is 1. The van der Waals surface area contributed by atoms with Crippen LogP contribution in [0, 0.1) is 10.1 Å². The molecule has 0 fully saturated rings. The first-order chi connectivity index (χ1) is 11.1. The predicted octanol–water partition coefficient (Wildman–Crippen LogP) is 3.95. The number of hydrogen-bond acceptors (Lipinski definition) is 6. The second kappa shape index (κ2) is 6.93. The Kier molecular flexibility index (Phi) is 4.73. The number of nitrogens with zero attached hydrogens (tertiary/aromatic N) is 4. The van der Waals surface area contributed by atoms with Crippen LogP contribution in [0.15, 0.2) is 30.6 Å². The summed E-state index contributed by atoms with van der Waals surface area (Å²) in [6.07, 6.45) is 4.78. The first-order valence-corrected chi connectivity index (χ1v) is 8.28. The van der Waals surface area contributed by atoms with Crippen LogP contribution in [0.25, 0.3) is 10.2 Å². The van der Waals surface area contributed by atoms with E-state index in [9.17, 15) is 10.1 Å². The molecule has 0 saturated heterocycles. The molecular weight excluding hydrogens is 338 g/mol. The van der Waals surface area contributed by atoms with Gasteiger partial charge in [0.2, 0.25) is 0 Å². The first kappa shape index (κ1) is 15.7. The van der Waals surface area contributed by atoms with Crippen LogP contribution < -0.4 is 5.32 Å². The zero-order chi connectivity index (χ0) is 16.2. The minimum absolute atomic E-state index is 0.110. The van der Waals surface area contributed by atoms with Crippen LogP contribution in [0.4, 0.5) is 11.1 Å². The lowest BCUT2D eigenvalue weighted by atomic mass is 10.3. The maximum Gasteiger partial charge on any atom is 0.434 e. The number of anilines is 1. The molecule has 0 atom stereocenters. The maximum absolute atomic E-state index is 10.8. The molecule has 2 heterocycles. The highest BCUT2D eigenvalue weighted by atomic mass is 35.5. The number of rotatable bonds is 7. The maximum atomic E-state index is 10.8. The summed E-state index contributed by atoms with van der Waals surface area (Å²) in [4.78, 5) is 18.5. The molecule has 3 aromatic rings. The summed E-state index contributed by atoms with van der Waals surface area (Å²) >= 11 is 7.52. The zero-order valence-corrected chi connectivity index (χ0v) is 13.7. The predicted molar refractivity (Wildman–Crippen MR) is 91.2 cm³/mol. The monoisotopic (exact) mass is 351 g/mol. The molecule has 120 valence electrons. The van der Waals surface area contributed by atoms with Gasteiger partial charge >= 0.3 is 5.95 Å². The summed E-state index contributed by atoms with van der Waals surface area (Å²) < 4.78 is 2.61. The largest absolute Gasteiger partial charge is 0.434 e. The van der Waals surface area contributed by atoms with Gasteiger partial charge in [0.25, 0.3) is 0 Å². The SMILES string of the molecule is O=[N+]([O-])c1nccn1CCCCNc1nc2ccc(Cl)cc2s1. The number of halogens is 1. The Balaban J connectivity index is 1.47.